The van der Waals surface area contributed by atoms with Gasteiger partial charge in [-0.25, -0.2) is 0 Å². The molecule has 1 rings (SSSR count). The van der Waals surface area contributed by atoms with E-state index in [0.717, 1.165) is 5.56 Å². The van der Waals surface area contributed by atoms with E-state index >= 15 is 0 Å². The van der Waals surface area contributed by atoms with Crippen molar-refractivity contribution >= 4 is 17.4 Å². The van der Waals surface area contributed by atoms with Crippen molar-refractivity contribution in [3.63, 3.8) is 0 Å². The SMILES string of the molecule is CO[C@@H](C)CCC(=O)Nc1cccc(C)c1C(C)=O. The van der Waals surface area contributed by atoms with Gasteiger partial charge in [-0.05, 0) is 38.8 Å². The van der Waals surface area contributed by atoms with Crippen LogP contribution in [-0.2, 0) is 9.53 Å². The van der Waals surface area contributed by atoms with Crippen LogP contribution in [0.2, 0.25) is 0 Å². The maximum absolute atomic E-state index is 11.8. The molecule has 0 fully saturated rings. The monoisotopic (exact) mass is 263 g/mol. The standard InChI is InChI=1S/C15H21NO3/c1-10-6-5-7-13(15(10)12(3)17)16-14(18)9-8-11(2)19-4/h5-7,11H,8-9H2,1-4H3,(H,16,18)/t11-/m0/s1. The van der Waals surface area contributed by atoms with Crippen molar-refractivity contribution in [2.24, 2.45) is 0 Å². The molecule has 19 heavy (non-hydrogen) atoms. The van der Waals surface area contributed by atoms with Crippen molar-refractivity contribution in [1.82, 2.24) is 0 Å². The fourth-order valence-electron chi connectivity index (χ4n) is 1.90. The van der Waals surface area contributed by atoms with Gasteiger partial charge in [0.1, 0.15) is 0 Å². The van der Waals surface area contributed by atoms with Crippen LogP contribution in [0.5, 0.6) is 0 Å². The first-order valence-electron chi connectivity index (χ1n) is 6.39. The van der Waals surface area contributed by atoms with Gasteiger partial charge in [-0.15, -0.1) is 0 Å². The van der Waals surface area contributed by atoms with E-state index in [1.807, 2.05) is 26.0 Å². The Morgan fingerprint density at radius 1 is 1.37 bits per heavy atom. The molecule has 1 aromatic carbocycles. The maximum atomic E-state index is 11.8. The van der Waals surface area contributed by atoms with E-state index in [9.17, 15) is 9.59 Å². The van der Waals surface area contributed by atoms with Crippen molar-refractivity contribution < 1.29 is 14.3 Å². The van der Waals surface area contributed by atoms with Crippen LogP contribution >= 0.6 is 0 Å². The first kappa shape index (κ1) is 15.4. The number of aryl methyl sites for hydroxylation is 1. The van der Waals surface area contributed by atoms with Gasteiger partial charge in [0.2, 0.25) is 5.91 Å². The van der Waals surface area contributed by atoms with Crippen LogP contribution in [0.15, 0.2) is 18.2 Å². The van der Waals surface area contributed by atoms with E-state index in [0.29, 0.717) is 24.1 Å². The van der Waals surface area contributed by atoms with Gasteiger partial charge in [0, 0.05) is 19.1 Å². The summed E-state index contributed by atoms with van der Waals surface area (Å²) in [6.45, 7) is 5.28. The van der Waals surface area contributed by atoms with Crippen LogP contribution in [0, 0.1) is 6.92 Å². The number of amides is 1. The minimum Gasteiger partial charge on any atom is -0.382 e. The van der Waals surface area contributed by atoms with Crippen LogP contribution in [-0.4, -0.2) is 24.9 Å². The fourth-order valence-corrected chi connectivity index (χ4v) is 1.90. The first-order valence-corrected chi connectivity index (χ1v) is 6.39. The fraction of sp³-hybridized carbons (Fsp3) is 0.467. The molecule has 0 saturated carbocycles. The lowest BCUT2D eigenvalue weighted by atomic mass is 10.0. The zero-order valence-electron chi connectivity index (χ0n) is 11.9. The zero-order chi connectivity index (χ0) is 14.4. The van der Waals surface area contributed by atoms with Crippen molar-refractivity contribution in [2.45, 2.75) is 39.7 Å². The summed E-state index contributed by atoms with van der Waals surface area (Å²) >= 11 is 0. The Morgan fingerprint density at radius 3 is 2.63 bits per heavy atom. The Labute approximate surface area is 114 Å². The predicted octanol–water partition coefficient (Wildman–Crippen LogP) is 2.95. The molecule has 0 aromatic heterocycles. The molecule has 0 bridgehead atoms. The number of anilines is 1. The minimum atomic E-state index is -0.1000. The van der Waals surface area contributed by atoms with Crippen LogP contribution in [0.3, 0.4) is 0 Å². The molecule has 0 aliphatic rings. The summed E-state index contributed by atoms with van der Waals surface area (Å²) in [6, 6.07) is 5.44. The van der Waals surface area contributed by atoms with Gasteiger partial charge in [-0.1, -0.05) is 12.1 Å². The zero-order valence-corrected chi connectivity index (χ0v) is 11.9. The molecular weight excluding hydrogens is 242 g/mol. The number of Topliss-reactive ketones (excluding diaryl/α,β-unsaturated/α-hetero) is 1. The predicted molar refractivity (Wildman–Crippen MR) is 75.5 cm³/mol. The van der Waals surface area contributed by atoms with Crippen molar-refractivity contribution in [2.75, 3.05) is 12.4 Å². The molecule has 104 valence electrons. The average molecular weight is 263 g/mol. The highest BCUT2D eigenvalue weighted by molar-refractivity contribution is 6.04. The Kier molecular flexibility index (Phi) is 5.70. The quantitative estimate of drug-likeness (QED) is 0.803. The van der Waals surface area contributed by atoms with Gasteiger partial charge >= 0.3 is 0 Å². The lowest BCUT2D eigenvalue weighted by Crippen LogP contribution is -2.17. The molecule has 0 saturated heterocycles. The molecule has 0 unspecified atom stereocenters. The second-order valence-electron chi connectivity index (χ2n) is 4.69. The number of ether oxygens (including phenoxy) is 1. The normalized spacial score (nSPS) is 12.0. The van der Waals surface area contributed by atoms with Gasteiger partial charge in [0.05, 0.1) is 11.8 Å². The molecule has 1 amide bonds. The van der Waals surface area contributed by atoms with Gasteiger partial charge in [0.15, 0.2) is 5.78 Å². The second kappa shape index (κ2) is 7.04. The van der Waals surface area contributed by atoms with Gasteiger partial charge in [-0.3, -0.25) is 9.59 Å². The van der Waals surface area contributed by atoms with Crippen molar-refractivity contribution in [3.8, 4) is 0 Å². The van der Waals surface area contributed by atoms with Crippen molar-refractivity contribution in [3.05, 3.63) is 29.3 Å². The second-order valence-corrected chi connectivity index (χ2v) is 4.69. The number of rotatable bonds is 6. The lowest BCUT2D eigenvalue weighted by Gasteiger charge is -2.12. The largest absolute Gasteiger partial charge is 0.382 e. The first-order chi connectivity index (χ1) is 8.95. The third-order valence-corrected chi connectivity index (χ3v) is 3.08. The number of carbonyl (C=O) groups is 2. The molecule has 0 heterocycles. The van der Waals surface area contributed by atoms with E-state index in [2.05, 4.69) is 5.32 Å². The van der Waals surface area contributed by atoms with E-state index in [-0.39, 0.29) is 17.8 Å². The van der Waals surface area contributed by atoms with Crippen LogP contribution in [0.25, 0.3) is 0 Å². The van der Waals surface area contributed by atoms with Crippen molar-refractivity contribution in [1.29, 1.82) is 0 Å². The molecule has 1 N–H and O–H groups in total. The van der Waals surface area contributed by atoms with Gasteiger partial charge in [-0.2, -0.15) is 0 Å². The highest BCUT2D eigenvalue weighted by Crippen LogP contribution is 2.20. The third-order valence-electron chi connectivity index (χ3n) is 3.08. The number of nitrogens with one attached hydrogen (secondary N) is 1. The summed E-state index contributed by atoms with van der Waals surface area (Å²) in [5, 5.41) is 2.80. The number of methoxy groups -OCH3 is 1. The third kappa shape index (κ3) is 4.48. The molecule has 0 spiro atoms. The molecular formula is C15H21NO3. The lowest BCUT2D eigenvalue weighted by molar-refractivity contribution is -0.116. The van der Waals surface area contributed by atoms with E-state index < -0.39 is 0 Å². The summed E-state index contributed by atoms with van der Waals surface area (Å²) in [5.74, 6) is -0.143. The summed E-state index contributed by atoms with van der Waals surface area (Å²) in [5.41, 5.74) is 2.04. The molecule has 1 aromatic rings. The van der Waals surface area contributed by atoms with Crippen LogP contribution < -0.4 is 5.32 Å². The number of benzene rings is 1. The molecule has 0 radical (unpaired) electrons. The van der Waals surface area contributed by atoms with E-state index in [4.69, 9.17) is 4.74 Å². The molecule has 4 nitrogen and oxygen atoms in total. The Morgan fingerprint density at radius 2 is 2.05 bits per heavy atom. The summed E-state index contributed by atoms with van der Waals surface area (Å²) < 4.78 is 5.10. The highest BCUT2D eigenvalue weighted by Gasteiger charge is 2.13. The maximum Gasteiger partial charge on any atom is 0.224 e. The number of hydrogen-bond acceptors (Lipinski definition) is 3. The Bertz CT molecular complexity index is 468. The molecule has 4 heteroatoms. The van der Waals surface area contributed by atoms with Crippen LogP contribution in [0.4, 0.5) is 5.69 Å². The number of hydrogen-bond donors (Lipinski definition) is 1. The smallest absolute Gasteiger partial charge is 0.224 e. The van der Waals surface area contributed by atoms with Gasteiger partial charge in [0.25, 0.3) is 0 Å². The molecule has 1 atom stereocenters. The number of carbonyl (C=O) groups excluding carboxylic acids is 2. The van der Waals surface area contributed by atoms with E-state index in [1.165, 1.54) is 6.92 Å². The Hall–Kier alpha value is -1.68. The average Bonchev–Trinajstić information content (AvgIpc) is 2.35. The Balaban J connectivity index is 2.74. The molecule has 0 aliphatic heterocycles. The topological polar surface area (TPSA) is 55.4 Å². The number of ketones is 1. The minimum absolute atomic E-state index is 0.0429. The molecule has 0 aliphatic carbocycles. The summed E-state index contributed by atoms with van der Waals surface area (Å²) in [6.07, 6.45) is 1.08. The highest BCUT2D eigenvalue weighted by atomic mass is 16.5. The van der Waals surface area contributed by atoms with E-state index in [1.54, 1.807) is 13.2 Å². The summed E-state index contributed by atoms with van der Waals surface area (Å²) in [7, 11) is 1.62. The van der Waals surface area contributed by atoms with Gasteiger partial charge < -0.3 is 10.1 Å². The summed E-state index contributed by atoms with van der Waals surface area (Å²) in [4.78, 5) is 23.5. The van der Waals surface area contributed by atoms with Crippen LogP contribution in [0.1, 0.15) is 42.6 Å².